The zero-order chi connectivity index (χ0) is 16.4. The minimum Gasteiger partial charge on any atom is -0.353 e. The molecule has 0 saturated heterocycles. The molecular formula is C16H26IN7. The van der Waals surface area contributed by atoms with Crippen LogP contribution >= 0.6 is 24.0 Å². The van der Waals surface area contributed by atoms with Crippen molar-refractivity contribution in [2.45, 2.75) is 38.9 Å². The van der Waals surface area contributed by atoms with Crippen molar-refractivity contribution < 1.29 is 0 Å². The van der Waals surface area contributed by atoms with Gasteiger partial charge >= 0.3 is 0 Å². The summed E-state index contributed by atoms with van der Waals surface area (Å²) in [7, 11) is 6.11. The highest BCUT2D eigenvalue weighted by atomic mass is 127. The van der Waals surface area contributed by atoms with Gasteiger partial charge in [-0.1, -0.05) is 0 Å². The van der Waals surface area contributed by atoms with Crippen molar-refractivity contribution in [1.82, 2.24) is 29.5 Å². The number of hydrogen-bond donors (Lipinski definition) is 1. The maximum atomic E-state index is 4.76. The number of aromatic nitrogens is 4. The van der Waals surface area contributed by atoms with Crippen LogP contribution in [0.25, 0.3) is 0 Å². The number of nitrogens with zero attached hydrogens (tertiary/aromatic N) is 6. The van der Waals surface area contributed by atoms with Gasteiger partial charge in [-0.2, -0.15) is 0 Å². The molecule has 0 aromatic carbocycles. The molecule has 0 bridgehead atoms. The van der Waals surface area contributed by atoms with Crippen LogP contribution in [-0.2, 0) is 27.2 Å². The van der Waals surface area contributed by atoms with Crippen LogP contribution in [0.3, 0.4) is 0 Å². The van der Waals surface area contributed by atoms with Crippen LogP contribution in [-0.4, -0.2) is 43.3 Å². The molecule has 3 rings (SSSR count). The summed E-state index contributed by atoms with van der Waals surface area (Å²) in [5, 5.41) is 11.8. The Morgan fingerprint density at radius 2 is 2.12 bits per heavy atom. The van der Waals surface area contributed by atoms with E-state index in [0.29, 0.717) is 12.6 Å². The van der Waals surface area contributed by atoms with Crippen molar-refractivity contribution in [1.29, 1.82) is 0 Å². The van der Waals surface area contributed by atoms with Gasteiger partial charge in [-0.05, 0) is 31.9 Å². The number of rotatable bonds is 5. The van der Waals surface area contributed by atoms with Crippen molar-refractivity contribution in [3.63, 3.8) is 0 Å². The first-order valence-electron chi connectivity index (χ1n) is 8.02. The van der Waals surface area contributed by atoms with Gasteiger partial charge in [-0.3, -0.25) is 0 Å². The van der Waals surface area contributed by atoms with E-state index >= 15 is 0 Å². The predicted octanol–water partition coefficient (Wildman–Crippen LogP) is 1.82. The summed E-state index contributed by atoms with van der Waals surface area (Å²) in [6.45, 7) is 3.30. The van der Waals surface area contributed by atoms with E-state index in [1.54, 1.807) is 0 Å². The van der Waals surface area contributed by atoms with Gasteiger partial charge in [0.25, 0.3) is 0 Å². The van der Waals surface area contributed by atoms with Crippen LogP contribution in [0.5, 0.6) is 0 Å². The highest BCUT2D eigenvalue weighted by Crippen LogP contribution is 2.19. The lowest BCUT2D eigenvalue weighted by atomic mass is 10.4. The van der Waals surface area contributed by atoms with Gasteiger partial charge in [0, 0.05) is 39.1 Å². The average Bonchev–Trinajstić information content (AvgIpc) is 3.19. The number of aliphatic imine (C=N–C) groups is 1. The van der Waals surface area contributed by atoms with Crippen LogP contribution in [0, 0.1) is 6.92 Å². The number of nitrogens with one attached hydrogen (secondary N) is 1. The minimum atomic E-state index is 0. The summed E-state index contributed by atoms with van der Waals surface area (Å²) in [5.41, 5.74) is 1.26. The molecule has 8 heteroatoms. The summed E-state index contributed by atoms with van der Waals surface area (Å²) >= 11 is 0. The van der Waals surface area contributed by atoms with E-state index in [4.69, 9.17) is 4.99 Å². The Morgan fingerprint density at radius 1 is 1.38 bits per heavy atom. The summed E-state index contributed by atoms with van der Waals surface area (Å²) in [4.78, 5) is 6.92. The van der Waals surface area contributed by atoms with E-state index in [-0.39, 0.29) is 24.0 Å². The highest BCUT2D eigenvalue weighted by molar-refractivity contribution is 14.0. The number of guanidine groups is 1. The van der Waals surface area contributed by atoms with Crippen LogP contribution < -0.4 is 5.32 Å². The second kappa shape index (κ2) is 8.00. The largest absolute Gasteiger partial charge is 0.353 e. The lowest BCUT2D eigenvalue weighted by Gasteiger charge is -2.22. The smallest absolute Gasteiger partial charge is 0.194 e. The second-order valence-electron chi connectivity index (χ2n) is 6.25. The van der Waals surface area contributed by atoms with Gasteiger partial charge in [0.1, 0.15) is 12.4 Å². The first-order chi connectivity index (χ1) is 11.0. The molecule has 1 N–H and O–H groups in total. The summed E-state index contributed by atoms with van der Waals surface area (Å²) in [5.74, 6) is 2.71. The van der Waals surface area contributed by atoms with E-state index < -0.39 is 0 Å². The zero-order valence-electron chi connectivity index (χ0n) is 14.7. The molecule has 0 atom stereocenters. The molecule has 2 heterocycles. The van der Waals surface area contributed by atoms with E-state index in [1.807, 2.05) is 18.5 Å². The molecule has 2 aromatic heterocycles. The molecule has 7 nitrogen and oxygen atoms in total. The van der Waals surface area contributed by atoms with E-state index in [1.165, 1.54) is 18.5 Å². The SMILES string of the molecule is Cc1nnc(CN=C(NC2CC2)N(C)Cc2cccn2C)n1C.I. The Labute approximate surface area is 160 Å². The fourth-order valence-electron chi connectivity index (χ4n) is 2.40. The van der Waals surface area contributed by atoms with Gasteiger partial charge in [0.05, 0.1) is 6.54 Å². The van der Waals surface area contributed by atoms with Gasteiger partial charge in [0.2, 0.25) is 0 Å². The van der Waals surface area contributed by atoms with Gasteiger partial charge < -0.3 is 19.4 Å². The van der Waals surface area contributed by atoms with E-state index in [2.05, 4.69) is 57.4 Å². The Hall–Kier alpha value is -1.58. The summed E-state index contributed by atoms with van der Waals surface area (Å²) < 4.78 is 4.12. The quantitative estimate of drug-likeness (QED) is 0.435. The van der Waals surface area contributed by atoms with Gasteiger partial charge in [0.15, 0.2) is 11.8 Å². The van der Waals surface area contributed by atoms with Crippen molar-refractivity contribution in [3.8, 4) is 0 Å². The number of halogens is 1. The lowest BCUT2D eigenvalue weighted by Crippen LogP contribution is -2.40. The van der Waals surface area contributed by atoms with Crippen LogP contribution in [0.4, 0.5) is 0 Å². The Kier molecular flexibility index (Phi) is 6.25. The van der Waals surface area contributed by atoms with Crippen LogP contribution in [0.1, 0.15) is 30.2 Å². The Morgan fingerprint density at radius 3 is 2.67 bits per heavy atom. The molecule has 1 saturated carbocycles. The van der Waals surface area contributed by atoms with Crippen molar-refractivity contribution in [2.24, 2.45) is 19.1 Å². The molecule has 1 fully saturated rings. The maximum absolute atomic E-state index is 4.76. The first-order valence-corrected chi connectivity index (χ1v) is 8.02. The maximum Gasteiger partial charge on any atom is 0.194 e. The average molecular weight is 443 g/mol. The predicted molar refractivity (Wildman–Crippen MR) is 105 cm³/mol. The van der Waals surface area contributed by atoms with E-state index in [0.717, 1.165) is 24.2 Å². The highest BCUT2D eigenvalue weighted by Gasteiger charge is 2.24. The zero-order valence-corrected chi connectivity index (χ0v) is 17.1. The molecule has 0 radical (unpaired) electrons. The Bertz CT molecular complexity index is 699. The fraction of sp³-hybridized carbons (Fsp3) is 0.562. The molecular weight excluding hydrogens is 417 g/mol. The number of hydrogen-bond acceptors (Lipinski definition) is 3. The summed E-state index contributed by atoms with van der Waals surface area (Å²) in [6, 6.07) is 4.76. The molecule has 1 aliphatic rings. The van der Waals surface area contributed by atoms with Crippen LogP contribution in [0.2, 0.25) is 0 Å². The fourth-order valence-corrected chi connectivity index (χ4v) is 2.40. The molecule has 0 amide bonds. The van der Waals surface area contributed by atoms with Gasteiger partial charge in [-0.15, -0.1) is 34.2 Å². The standard InChI is InChI=1S/C16H25N7.HI/c1-12-19-20-15(23(12)4)10-17-16(18-13-7-8-13)22(3)11-14-6-5-9-21(14)2;/h5-6,9,13H,7-8,10-11H2,1-4H3,(H,17,18);1H. The topological polar surface area (TPSA) is 63.3 Å². The normalized spacial score (nSPS) is 14.4. The van der Waals surface area contributed by atoms with E-state index in [9.17, 15) is 0 Å². The summed E-state index contributed by atoms with van der Waals surface area (Å²) in [6.07, 6.45) is 4.51. The molecule has 0 spiro atoms. The van der Waals surface area contributed by atoms with Crippen molar-refractivity contribution in [2.75, 3.05) is 7.05 Å². The third-order valence-electron chi connectivity index (χ3n) is 4.28. The monoisotopic (exact) mass is 443 g/mol. The van der Waals surface area contributed by atoms with Gasteiger partial charge in [-0.25, -0.2) is 4.99 Å². The third kappa shape index (κ3) is 4.49. The molecule has 132 valence electrons. The van der Waals surface area contributed by atoms with Crippen LogP contribution in [0.15, 0.2) is 23.3 Å². The second-order valence-corrected chi connectivity index (χ2v) is 6.25. The molecule has 0 unspecified atom stereocenters. The molecule has 1 aliphatic carbocycles. The molecule has 2 aromatic rings. The number of aryl methyl sites for hydroxylation is 2. The lowest BCUT2D eigenvalue weighted by molar-refractivity contribution is 0.459. The molecule has 24 heavy (non-hydrogen) atoms. The Balaban J connectivity index is 0.00000208. The first kappa shape index (κ1) is 18.8. The third-order valence-corrected chi connectivity index (χ3v) is 4.28. The van der Waals surface area contributed by atoms with Crippen molar-refractivity contribution >= 4 is 29.9 Å². The minimum absolute atomic E-state index is 0. The van der Waals surface area contributed by atoms with Crippen molar-refractivity contribution in [3.05, 3.63) is 35.7 Å². The molecule has 0 aliphatic heterocycles.